The van der Waals surface area contributed by atoms with Crippen LogP contribution < -0.4 is 10.1 Å². The lowest BCUT2D eigenvalue weighted by Gasteiger charge is -2.15. The van der Waals surface area contributed by atoms with Crippen LogP contribution in [0.3, 0.4) is 0 Å². The Bertz CT molecular complexity index is 608. The zero-order valence-electron chi connectivity index (χ0n) is 13.4. The molecular weight excluding hydrogens is 260 g/mol. The van der Waals surface area contributed by atoms with E-state index in [4.69, 9.17) is 4.74 Å². The second-order valence-electron chi connectivity index (χ2n) is 5.31. The number of nitrogens with one attached hydrogen (secondary N) is 1. The molecule has 0 bridgehead atoms. The highest BCUT2D eigenvalue weighted by molar-refractivity contribution is 5.52. The number of pyridine rings is 1. The Hall–Kier alpha value is -2.03. The summed E-state index contributed by atoms with van der Waals surface area (Å²) in [7, 11) is 1.71. The van der Waals surface area contributed by atoms with Gasteiger partial charge in [0.15, 0.2) is 0 Å². The Morgan fingerprint density at radius 2 is 1.95 bits per heavy atom. The standard InChI is InChI=1S/C18H24N2O/c1-5-8-15-9-6-7-10-16(15)20-12-17-14(3)18(21-4)13(2)11-19-17/h6-7,9-11,20H,5,8,12H2,1-4H3. The van der Waals surface area contributed by atoms with Gasteiger partial charge in [0.2, 0.25) is 0 Å². The molecule has 21 heavy (non-hydrogen) atoms. The topological polar surface area (TPSA) is 34.2 Å². The summed E-state index contributed by atoms with van der Waals surface area (Å²) in [5.41, 5.74) is 5.77. The number of aryl methyl sites for hydroxylation is 2. The second kappa shape index (κ2) is 7.11. The molecule has 0 saturated carbocycles. The molecule has 2 rings (SSSR count). The van der Waals surface area contributed by atoms with E-state index >= 15 is 0 Å². The van der Waals surface area contributed by atoms with Crippen molar-refractivity contribution in [3.8, 4) is 5.75 Å². The fraction of sp³-hybridized carbons (Fsp3) is 0.389. The Balaban J connectivity index is 2.17. The predicted octanol–water partition coefficient (Wildman–Crippen LogP) is 4.27. The third-order valence-corrected chi connectivity index (χ3v) is 3.73. The maximum absolute atomic E-state index is 5.46. The number of hydrogen-bond acceptors (Lipinski definition) is 3. The molecule has 0 aliphatic carbocycles. The summed E-state index contributed by atoms with van der Waals surface area (Å²) in [4.78, 5) is 4.53. The fourth-order valence-corrected chi connectivity index (χ4v) is 2.61. The predicted molar refractivity (Wildman–Crippen MR) is 88.0 cm³/mol. The SMILES string of the molecule is CCCc1ccccc1NCc1ncc(C)c(OC)c1C. The van der Waals surface area contributed by atoms with Crippen molar-refractivity contribution in [2.75, 3.05) is 12.4 Å². The Kier molecular flexibility index (Phi) is 5.20. The van der Waals surface area contributed by atoms with Crippen molar-refractivity contribution in [3.63, 3.8) is 0 Å². The zero-order chi connectivity index (χ0) is 15.2. The number of aromatic nitrogens is 1. The van der Waals surface area contributed by atoms with Crippen LogP contribution in [-0.2, 0) is 13.0 Å². The first-order valence-corrected chi connectivity index (χ1v) is 7.48. The summed E-state index contributed by atoms with van der Waals surface area (Å²) in [5.74, 6) is 0.934. The Morgan fingerprint density at radius 1 is 1.19 bits per heavy atom. The van der Waals surface area contributed by atoms with Crippen LogP contribution in [0.25, 0.3) is 0 Å². The third kappa shape index (κ3) is 3.54. The Morgan fingerprint density at radius 3 is 2.67 bits per heavy atom. The van der Waals surface area contributed by atoms with E-state index in [1.807, 2.05) is 13.1 Å². The fourth-order valence-electron chi connectivity index (χ4n) is 2.61. The number of methoxy groups -OCH3 is 1. The van der Waals surface area contributed by atoms with E-state index in [0.29, 0.717) is 6.54 Å². The van der Waals surface area contributed by atoms with E-state index in [9.17, 15) is 0 Å². The van der Waals surface area contributed by atoms with Crippen molar-refractivity contribution in [2.24, 2.45) is 0 Å². The molecule has 2 aromatic rings. The van der Waals surface area contributed by atoms with Gasteiger partial charge < -0.3 is 10.1 Å². The van der Waals surface area contributed by atoms with E-state index in [1.54, 1.807) is 7.11 Å². The number of hydrogen-bond donors (Lipinski definition) is 1. The van der Waals surface area contributed by atoms with Crippen LogP contribution >= 0.6 is 0 Å². The molecule has 1 aromatic heterocycles. The van der Waals surface area contributed by atoms with Gasteiger partial charge in [0, 0.05) is 23.0 Å². The van der Waals surface area contributed by atoms with E-state index in [1.165, 1.54) is 11.3 Å². The van der Waals surface area contributed by atoms with Gasteiger partial charge in [-0.05, 0) is 31.9 Å². The molecule has 3 nitrogen and oxygen atoms in total. The quantitative estimate of drug-likeness (QED) is 0.860. The smallest absolute Gasteiger partial charge is 0.128 e. The molecule has 3 heteroatoms. The van der Waals surface area contributed by atoms with Crippen LogP contribution in [0.4, 0.5) is 5.69 Å². The van der Waals surface area contributed by atoms with Gasteiger partial charge in [-0.3, -0.25) is 4.98 Å². The summed E-state index contributed by atoms with van der Waals surface area (Å²) in [6.07, 6.45) is 4.11. The average molecular weight is 284 g/mol. The van der Waals surface area contributed by atoms with E-state index < -0.39 is 0 Å². The molecular formula is C18H24N2O. The van der Waals surface area contributed by atoms with Crippen LogP contribution in [0.15, 0.2) is 30.5 Å². The van der Waals surface area contributed by atoms with Gasteiger partial charge >= 0.3 is 0 Å². The van der Waals surface area contributed by atoms with E-state index in [2.05, 4.69) is 48.4 Å². The summed E-state index contributed by atoms with van der Waals surface area (Å²) >= 11 is 0. The van der Waals surface area contributed by atoms with Crippen LogP contribution in [-0.4, -0.2) is 12.1 Å². The van der Waals surface area contributed by atoms with Crippen LogP contribution in [0, 0.1) is 13.8 Å². The van der Waals surface area contributed by atoms with Crippen molar-refractivity contribution in [3.05, 3.63) is 52.8 Å². The molecule has 0 atom stereocenters. The van der Waals surface area contributed by atoms with Crippen LogP contribution in [0.1, 0.15) is 35.7 Å². The summed E-state index contributed by atoms with van der Waals surface area (Å²) in [6, 6.07) is 8.47. The molecule has 0 amide bonds. The lowest BCUT2D eigenvalue weighted by atomic mass is 10.1. The minimum absolute atomic E-state index is 0.712. The summed E-state index contributed by atoms with van der Waals surface area (Å²) in [6.45, 7) is 7.00. The van der Waals surface area contributed by atoms with Crippen molar-refractivity contribution in [1.29, 1.82) is 0 Å². The molecule has 1 heterocycles. The van der Waals surface area contributed by atoms with Gasteiger partial charge in [-0.15, -0.1) is 0 Å². The van der Waals surface area contributed by atoms with E-state index in [-0.39, 0.29) is 0 Å². The molecule has 0 aliphatic rings. The van der Waals surface area contributed by atoms with Gasteiger partial charge in [-0.25, -0.2) is 0 Å². The summed E-state index contributed by atoms with van der Waals surface area (Å²) < 4.78 is 5.46. The average Bonchev–Trinajstić information content (AvgIpc) is 2.49. The number of rotatable bonds is 6. The van der Waals surface area contributed by atoms with Crippen molar-refractivity contribution >= 4 is 5.69 Å². The monoisotopic (exact) mass is 284 g/mol. The maximum Gasteiger partial charge on any atom is 0.128 e. The summed E-state index contributed by atoms with van der Waals surface area (Å²) in [5, 5.41) is 3.51. The van der Waals surface area contributed by atoms with Gasteiger partial charge in [0.1, 0.15) is 5.75 Å². The molecule has 1 N–H and O–H groups in total. The van der Waals surface area contributed by atoms with Crippen molar-refractivity contribution < 1.29 is 4.74 Å². The lowest BCUT2D eigenvalue weighted by molar-refractivity contribution is 0.407. The Labute approximate surface area is 127 Å². The largest absolute Gasteiger partial charge is 0.496 e. The highest BCUT2D eigenvalue weighted by Gasteiger charge is 2.09. The van der Waals surface area contributed by atoms with Gasteiger partial charge in [0.05, 0.1) is 19.3 Å². The van der Waals surface area contributed by atoms with Gasteiger partial charge in [-0.1, -0.05) is 31.5 Å². The second-order valence-corrected chi connectivity index (χ2v) is 5.31. The zero-order valence-corrected chi connectivity index (χ0v) is 13.4. The lowest BCUT2D eigenvalue weighted by Crippen LogP contribution is -2.07. The maximum atomic E-state index is 5.46. The van der Waals surface area contributed by atoms with Crippen molar-refractivity contribution in [1.82, 2.24) is 4.98 Å². The van der Waals surface area contributed by atoms with Gasteiger partial charge in [-0.2, -0.15) is 0 Å². The number of anilines is 1. The minimum atomic E-state index is 0.712. The normalized spacial score (nSPS) is 10.5. The first kappa shape index (κ1) is 15.4. The highest BCUT2D eigenvalue weighted by Crippen LogP contribution is 2.25. The van der Waals surface area contributed by atoms with Crippen molar-refractivity contribution in [2.45, 2.75) is 40.2 Å². The molecule has 0 aliphatic heterocycles. The molecule has 0 spiro atoms. The highest BCUT2D eigenvalue weighted by atomic mass is 16.5. The first-order valence-electron chi connectivity index (χ1n) is 7.48. The molecule has 0 unspecified atom stereocenters. The van der Waals surface area contributed by atoms with Gasteiger partial charge in [0.25, 0.3) is 0 Å². The molecule has 0 saturated heterocycles. The first-order chi connectivity index (χ1) is 10.2. The van der Waals surface area contributed by atoms with E-state index in [0.717, 1.165) is 35.4 Å². The third-order valence-electron chi connectivity index (χ3n) is 3.73. The number of nitrogens with zero attached hydrogens (tertiary/aromatic N) is 1. The molecule has 0 fully saturated rings. The number of ether oxygens (including phenoxy) is 1. The number of benzene rings is 1. The molecule has 112 valence electrons. The minimum Gasteiger partial charge on any atom is -0.496 e. The molecule has 0 radical (unpaired) electrons. The molecule has 1 aromatic carbocycles. The van der Waals surface area contributed by atoms with Crippen LogP contribution in [0.5, 0.6) is 5.75 Å². The number of para-hydroxylation sites is 1. The van der Waals surface area contributed by atoms with Crippen LogP contribution in [0.2, 0.25) is 0 Å².